The zero-order chi connectivity index (χ0) is 15.9. The normalized spacial score (nSPS) is 15.0. The topological polar surface area (TPSA) is 57.7 Å². The van der Waals surface area contributed by atoms with Crippen molar-refractivity contribution in [3.8, 4) is 0 Å². The van der Waals surface area contributed by atoms with E-state index in [0.717, 1.165) is 6.42 Å². The lowest BCUT2D eigenvalue weighted by Crippen LogP contribution is -2.50. The third-order valence-corrected chi connectivity index (χ3v) is 4.72. The summed E-state index contributed by atoms with van der Waals surface area (Å²) in [4.78, 5) is 40.1. The predicted octanol–water partition coefficient (Wildman–Crippen LogP) is 2.18. The van der Waals surface area contributed by atoms with Crippen molar-refractivity contribution < 1.29 is 14.4 Å². The Morgan fingerprint density at radius 2 is 1.59 bits per heavy atom. The summed E-state index contributed by atoms with van der Waals surface area (Å²) in [6.07, 6.45) is 1.93. The summed E-state index contributed by atoms with van der Waals surface area (Å²) in [5, 5.41) is 1.86. The van der Waals surface area contributed by atoms with Crippen LogP contribution >= 0.6 is 11.3 Å². The molecule has 6 heteroatoms. The predicted molar refractivity (Wildman–Crippen MR) is 86.0 cm³/mol. The van der Waals surface area contributed by atoms with Crippen molar-refractivity contribution in [1.29, 1.82) is 0 Å². The molecule has 0 aliphatic carbocycles. The van der Waals surface area contributed by atoms with Crippen molar-refractivity contribution in [2.45, 2.75) is 32.6 Å². The highest BCUT2D eigenvalue weighted by Gasteiger charge is 2.23. The quantitative estimate of drug-likeness (QED) is 0.754. The molecule has 2 amide bonds. The molecule has 0 atom stereocenters. The van der Waals surface area contributed by atoms with E-state index in [4.69, 9.17) is 0 Å². The van der Waals surface area contributed by atoms with Gasteiger partial charge in [-0.15, -0.1) is 11.3 Å². The van der Waals surface area contributed by atoms with Crippen LogP contribution in [-0.2, 0) is 9.59 Å². The van der Waals surface area contributed by atoms with Gasteiger partial charge in [-0.25, -0.2) is 0 Å². The number of nitrogens with zero attached hydrogens (tertiary/aromatic N) is 2. The van der Waals surface area contributed by atoms with Crippen LogP contribution in [0.25, 0.3) is 0 Å². The fourth-order valence-electron chi connectivity index (χ4n) is 2.52. The van der Waals surface area contributed by atoms with E-state index in [1.807, 2.05) is 23.3 Å². The van der Waals surface area contributed by atoms with Crippen LogP contribution in [-0.4, -0.2) is 53.6 Å². The smallest absolute Gasteiger partial charge is 0.223 e. The molecular weight excluding hydrogens is 300 g/mol. The SMILES string of the molecule is CCCC(=O)N1CCN(C(=O)CCC(=O)c2cccs2)CC1. The first kappa shape index (κ1) is 16.7. The van der Waals surface area contributed by atoms with E-state index in [1.54, 1.807) is 11.0 Å². The second-order valence-electron chi connectivity index (χ2n) is 5.41. The molecule has 1 saturated heterocycles. The summed E-state index contributed by atoms with van der Waals surface area (Å²) >= 11 is 1.41. The maximum atomic E-state index is 12.1. The second kappa shape index (κ2) is 8.08. The van der Waals surface area contributed by atoms with Crippen LogP contribution < -0.4 is 0 Å². The lowest BCUT2D eigenvalue weighted by atomic mass is 10.1. The van der Waals surface area contributed by atoms with E-state index in [0.29, 0.717) is 37.5 Å². The Labute approximate surface area is 134 Å². The van der Waals surface area contributed by atoms with Crippen LogP contribution in [0.15, 0.2) is 17.5 Å². The number of ketones is 1. The molecule has 0 bridgehead atoms. The van der Waals surface area contributed by atoms with E-state index in [9.17, 15) is 14.4 Å². The van der Waals surface area contributed by atoms with Gasteiger partial charge in [0.2, 0.25) is 11.8 Å². The highest BCUT2D eigenvalue weighted by molar-refractivity contribution is 7.12. The third kappa shape index (κ3) is 4.40. The van der Waals surface area contributed by atoms with Gasteiger partial charge in [0.1, 0.15) is 0 Å². The van der Waals surface area contributed by atoms with Gasteiger partial charge in [0.25, 0.3) is 0 Å². The Morgan fingerprint density at radius 3 is 2.09 bits per heavy atom. The summed E-state index contributed by atoms with van der Waals surface area (Å²) < 4.78 is 0. The Morgan fingerprint density at radius 1 is 1.00 bits per heavy atom. The van der Waals surface area contributed by atoms with Crippen LogP contribution in [0.2, 0.25) is 0 Å². The van der Waals surface area contributed by atoms with Crippen LogP contribution in [0.1, 0.15) is 42.3 Å². The van der Waals surface area contributed by atoms with Crippen molar-refractivity contribution in [2.24, 2.45) is 0 Å². The van der Waals surface area contributed by atoms with Crippen molar-refractivity contribution in [3.05, 3.63) is 22.4 Å². The largest absolute Gasteiger partial charge is 0.339 e. The highest BCUT2D eigenvalue weighted by atomic mass is 32.1. The molecule has 1 aliphatic rings. The van der Waals surface area contributed by atoms with Crippen LogP contribution in [0.4, 0.5) is 0 Å². The fraction of sp³-hybridized carbons (Fsp3) is 0.562. The Bertz CT molecular complexity index is 520. The van der Waals surface area contributed by atoms with Crippen molar-refractivity contribution in [2.75, 3.05) is 26.2 Å². The molecule has 0 aromatic carbocycles. The number of carbonyl (C=O) groups is 3. The molecule has 2 heterocycles. The van der Waals surface area contributed by atoms with Crippen LogP contribution in [0, 0.1) is 0 Å². The van der Waals surface area contributed by atoms with Gasteiger partial charge < -0.3 is 9.80 Å². The van der Waals surface area contributed by atoms with Gasteiger partial charge in [0.05, 0.1) is 4.88 Å². The fourth-order valence-corrected chi connectivity index (χ4v) is 3.21. The Balaban J connectivity index is 1.73. The minimum atomic E-state index is 0.00694. The van der Waals surface area contributed by atoms with Gasteiger partial charge >= 0.3 is 0 Å². The summed E-state index contributed by atoms with van der Waals surface area (Å²) in [7, 11) is 0. The molecule has 1 aliphatic heterocycles. The molecule has 2 rings (SSSR count). The van der Waals surface area contributed by atoms with Crippen molar-refractivity contribution >= 4 is 28.9 Å². The standard InChI is InChI=1S/C16H22N2O3S/c1-2-4-15(20)17-8-10-18(11-9-17)16(21)7-6-13(19)14-5-3-12-22-14/h3,5,12H,2,4,6-11H2,1H3. The first-order valence-corrected chi connectivity index (χ1v) is 8.62. The van der Waals surface area contributed by atoms with Gasteiger partial charge in [-0.05, 0) is 17.9 Å². The molecule has 0 N–H and O–H groups in total. The number of piperazine rings is 1. The molecule has 0 spiro atoms. The van der Waals surface area contributed by atoms with E-state index >= 15 is 0 Å². The molecule has 5 nitrogen and oxygen atoms in total. The maximum Gasteiger partial charge on any atom is 0.223 e. The number of amides is 2. The van der Waals surface area contributed by atoms with Gasteiger partial charge in [0.15, 0.2) is 5.78 Å². The van der Waals surface area contributed by atoms with Crippen molar-refractivity contribution in [1.82, 2.24) is 9.80 Å². The lowest BCUT2D eigenvalue weighted by Gasteiger charge is -2.34. The zero-order valence-corrected chi connectivity index (χ0v) is 13.7. The maximum absolute atomic E-state index is 12.1. The van der Waals surface area contributed by atoms with E-state index in [-0.39, 0.29) is 30.4 Å². The molecular formula is C16H22N2O3S. The van der Waals surface area contributed by atoms with E-state index < -0.39 is 0 Å². The van der Waals surface area contributed by atoms with Gasteiger partial charge in [0, 0.05) is 45.4 Å². The Hall–Kier alpha value is -1.69. The molecule has 22 heavy (non-hydrogen) atoms. The number of rotatable bonds is 6. The Kier molecular flexibility index (Phi) is 6.12. The average Bonchev–Trinajstić information content (AvgIpc) is 3.07. The van der Waals surface area contributed by atoms with Gasteiger partial charge in [-0.2, -0.15) is 0 Å². The summed E-state index contributed by atoms with van der Waals surface area (Å²) in [5.74, 6) is 0.204. The number of thiophene rings is 1. The number of carbonyl (C=O) groups excluding carboxylic acids is 3. The first-order valence-electron chi connectivity index (χ1n) is 7.74. The van der Waals surface area contributed by atoms with Crippen LogP contribution in [0.5, 0.6) is 0 Å². The lowest BCUT2D eigenvalue weighted by molar-refractivity contribution is -0.139. The van der Waals surface area contributed by atoms with Crippen LogP contribution in [0.3, 0.4) is 0 Å². The summed E-state index contributed by atoms with van der Waals surface area (Å²) in [6, 6.07) is 3.63. The highest BCUT2D eigenvalue weighted by Crippen LogP contribution is 2.13. The molecule has 1 fully saturated rings. The molecule has 0 unspecified atom stereocenters. The average molecular weight is 322 g/mol. The van der Waals surface area contributed by atoms with Crippen molar-refractivity contribution in [3.63, 3.8) is 0 Å². The molecule has 1 aromatic heterocycles. The van der Waals surface area contributed by atoms with E-state index in [2.05, 4.69) is 0 Å². The second-order valence-corrected chi connectivity index (χ2v) is 6.36. The summed E-state index contributed by atoms with van der Waals surface area (Å²) in [5.41, 5.74) is 0. The molecule has 0 radical (unpaired) electrons. The zero-order valence-electron chi connectivity index (χ0n) is 12.9. The van der Waals surface area contributed by atoms with E-state index in [1.165, 1.54) is 11.3 Å². The molecule has 120 valence electrons. The van der Waals surface area contributed by atoms with Gasteiger partial charge in [-0.1, -0.05) is 13.0 Å². The molecule has 1 aromatic rings. The minimum absolute atomic E-state index is 0.00694. The number of Topliss-reactive ketones (excluding diaryl/α,β-unsaturated/α-hetero) is 1. The minimum Gasteiger partial charge on any atom is -0.339 e. The monoisotopic (exact) mass is 322 g/mol. The van der Waals surface area contributed by atoms with Gasteiger partial charge in [-0.3, -0.25) is 14.4 Å². The number of hydrogen-bond donors (Lipinski definition) is 0. The summed E-state index contributed by atoms with van der Waals surface area (Å²) in [6.45, 7) is 4.33. The molecule has 0 saturated carbocycles. The third-order valence-electron chi connectivity index (χ3n) is 3.81. The number of hydrogen-bond acceptors (Lipinski definition) is 4. The first-order chi connectivity index (χ1) is 10.6.